The molecule has 1 atom stereocenters. The summed E-state index contributed by atoms with van der Waals surface area (Å²) in [6.07, 6.45) is 1.24. The number of nitrogens with zero attached hydrogens (tertiary/aromatic N) is 4. The lowest BCUT2D eigenvalue weighted by Gasteiger charge is -2.15. The molecule has 0 radical (unpaired) electrons. The number of benzene rings is 2. The van der Waals surface area contributed by atoms with Gasteiger partial charge in [0.1, 0.15) is 5.82 Å². The van der Waals surface area contributed by atoms with Crippen LogP contribution in [-0.2, 0) is 16.0 Å². The van der Waals surface area contributed by atoms with Gasteiger partial charge in [0, 0.05) is 27.5 Å². The number of methoxy groups -OCH3 is 1. The molecule has 0 saturated carbocycles. The van der Waals surface area contributed by atoms with E-state index in [-0.39, 0.29) is 16.3 Å². The minimum absolute atomic E-state index is 0.0490. The number of carbonyl (C=O) groups excluding carboxylic acids is 1. The Bertz CT molecular complexity index is 1360. The molecule has 12 heteroatoms. The smallest absolute Gasteiger partial charge is 0.346 e. The number of fused-ring (bicyclic) bond motifs is 1. The standard InChI is InChI=1S/C22H20BrClN4O6/c1-4-5-19-26-17-7-6-14(23)9-16(17)21(29)27(19)25-11-13-8-15(24)10-18(28(31)32)20(13)34-12(2)22(30)33-3/h6-12H,4-5H2,1-3H3/t12-/m1/s1. The Balaban J connectivity index is 2.19. The van der Waals surface area contributed by atoms with Crippen LogP contribution in [0.1, 0.15) is 31.7 Å². The second-order valence-corrected chi connectivity index (χ2v) is 8.54. The summed E-state index contributed by atoms with van der Waals surface area (Å²) < 4.78 is 12.0. The van der Waals surface area contributed by atoms with Crippen molar-refractivity contribution < 1.29 is 19.2 Å². The van der Waals surface area contributed by atoms with Gasteiger partial charge in [-0.3, -0.25) is 14.9 Å². The van der Waals surface area contributed by atoms with E-state index < -0.39 is 28.2 Å². The Hall–Kier alpha value is -3.31. The van der Waals surface area contributed by atoms with E-state index in [4.69, 9.17) is 16.3 Å². The van der Waals surface area contributed by atoms with Gasteiger partial charge in [-0.2, -0.15) is 9.78 Å². The Morgan fingerprint density at radius 2 is 2.12 bits per heavy atom. The molecular weight excluding hydrogens is 532 g/mol. The van der Waals surface area contributed by atoms with Crippen molar-refractivity contribution in [3.05, 3.63) is 71.7 Å². The summed E-state index contributed by atoms with van der Waals surface area (Å²) in [5.74, 6) is -0.545. The first kappa shape index (κ1) is 25.3. The number of hydrogen-bond acceptors (Lipinski definition) is 8. The summed E-state index contributed by atoms with van der Waals surface area (Å²) in [7, 11) is 1.17. The fourth-order valence-electron chi connectivity index (χ4n) is 3.17. The van der Waals surface area contributed by atoms with Crippen LogP contribution in [0.25, 0.3) is 10.9 Å². The molecule has 0 N–H and O–H groups in total. The van der Waals surface area contributed by atoms with Crippen molar-refractivity contribution >= 4 is 56.3 Å². The lowest BCUT2D eigenvalue weighted by molar-refractivity contribution is -0.386. The predicted molar refractivity (Wildman–Crippen MR) is 131 cm³/mol. The zero-order valence-corrected chi connectivity index (χ0v) is 20.8. The molecule has 10 nitrogen and oxygen atoms in total. The number of aryl methyl sites for hydroxylation is 1. The minimum atomic E-state index is -1.14. The first-order valence-electron chi connectivity index (χ1n) is 10.1. The van der Waals surface area contributed by atoms with Crippen molar-refractivity contribution in [3.63, 3.8) is 0 Å². The predicted octanol–water partition coefficient (Wildman–Crippen LogP) is 4.50. The van der Waals surface area contributed by atoms with E-state index in [0.717, 1.165) is 10.7 Å². The van der Waals surface area contributed by atoms with Gasteiger partial charge >= 0.3 is 11.7 Å². The zero-order valence-electron chi connectivity index (χ0n) is 18.4. The Labute approximate surface area is 207 Å². The highest BCUT2D eigenvalue weighted by Crippen LogP contribution is 2.34. The number of hydrogen-bond donors (Lipinski definition) is 0. The maximum Gasteiger partial charge on any atom is 0.346 e. The number of esters is 1. The molecule has 3 aromatic rings. The number of nitro benzene ring substituents is 1. The number of ether oxygens (including phenoxy) is 2. The van der Waals surface area contributed by atoms with Gasteiger partial charge in [0.05, 0.1) is 29.2 Å². The molecule has 0 aliphatic carbocycles. The van der Waals surface area contributed by atoms with Crippen LogP contribution < -0.4 is 10.3 Å². The van der Waals surface area contributed by atoms with E-state index in [2.05, 4.69) is 30.8 Å². The molecule has 0 saturated heterocycles. The van der Waals surface area contributed by atoms with Crippen LogP contribution in [0, 0.1) is 10.1 Å². The monoisotopic (exact) mass is 550 g/mol. The number of nitro groups is 1. The van der Waals surface area contributed by atoms with Crippen LogP contribution in [0.2, 0.25) is 5.02 Å². The third-order valence-corrected chi connectivity index (χ3v) is 5.46. The third kappa shape index (κ3) is 5.42. The van der Waals surface area contributed by atoms with E-state index >= 15 is 0 Å². The normalized spacial score (nSPS) is 12.1. The molecule has 0 aliphatic heterocycles. The van der Waals surface area contributed by atoms with Gasteiger partial charge in [0.2, 0.25) is 5.75 Å². The van der Waals surface area contributed by atoms with Crippen molar-refractivity contribution in [3.8, 4) is 5.75 Å². The van der Waals surface area contributed by atoms with Crippen LogP contribution in [-0.4, -0.2) is 40.0 Å². The molecule has 178 valence electrons. The second-order valence-electron chi connectivity index (χ2n) is 7.18. The Morgan fingerprint density at radius 3 is 2.76 bits per heavy atom. The molecule has 0 spiro atoms. The lowest BCUT2D eigenvalue weighted by atomic mass is 10.2. The first-order chi connectivity index (χ1) is 16.2. The average Bonchev–Trinajstić information content (AvgIpc) is 2.80. The Morgan fingerprint density at radius 1 is 1.38 bits per heavy atom. The summed E-state index contributed by atoms with van der Waals surface area (Å²) in [5.41, 5.74) is -0.254. The molecule has 0 unspecified atom stereocenters. The van der Waals surface area contributed by atoms with Gasteiger partial charge < -0.3 is 9.47 Å². The second kappa shape index (κ2) is 10.7. The highest BCUT2D eigenvalue weighted by molar-refractivity contribution is 9.10. The van der Waals surface area contributed by atoms with E-state index in [1.165, 1.54) is 26.3 Å². The van der Waals surface area contributed by atoms with E-state index in [1.807, 2.05) is 6.92 Å². The highest BCUT2D eigenvalue weighted by Gasteiger charge is 2.25. The molecule has 1 aromatic heterocycles. The lowest BCUT2D eigenvalue weighted by Crippen LogP contribution is -2.26. The summed E-state index contributed by atoms with van der Waals surface area (Å²) in [6.45, 7) is 3.33. The zero-order chi connectivity index (χ0) is 25.0. The van der Waals surface area contributed by atoms with Gasteiger partial charge in [-0.1, -0.05) is 34.5 Å². The fraction of sp³-hybridized carbons (Fsp3) is 0.273. The molecule has 34 heavy (non-hydrogen) atoms. The number of rotatable bonds is 8. The maximum absolute atomic E-state index is 13.2. The minimum Gasteiger partial charge on any atom is -0.471 e. The molecule has 0 fully saturated rings. The quantitative estimate of drug-likeness (QED) is 0.175. The number of halogens is 2. The van der Waals surface area contributed by atoms with Crippen LogP contribution in [0.4, 0.5) is 5.69 Å². The summed E-state index contributed by atoms with van der Waals surface area (Å²) in [6, 6.07) is 7.64. The van der Waals surface area contributed by atoms with Gasteiger partial charge in [-0.25, -0.2) is 9.78 Å². The molecule has 1 heterocycles. The number of aromatic nitrogens is 2. The molecule has 2 aromatic carbocycles. The van der Waals surface area contributed by atoms with E-state index in [1.54, 1.807) is 18.2 Å². The fourth-order valence-corrected chi connectivity index (χ4v) is 3.75. The first-order valence-corrected chi connectivity index (χ1v) is 11.3. The van der Waals surface area contributed by atoms with Crippen LogP contribution in [0.15, 0.2) is 44.7 Å². The molecule has 0 aliphatic rings. The van der Waals surface area contributed by atoms with Gasteiger partial charge in [-0.05, 0) is 37.6 Å². The van der Waals surface area contributed by atoms with Crippen molar-refractivity contribution in [2.24, 2.45) is 5.10 Å². The molecular formula is C22H20BrClN4O6. The SMILES string of the molecule is CCCc1nc2ccc(Br)cc2c(=O)n1N=Cc1cc(Cl)cc([N+](=O)[O-])c1O[C@H](C)C(=O)OC. The molecule has 0 amide bonds. The topological polar surface area (TPSA) is 126 Å². The number of carbonyl (C=O) groups is 1. The molecule has 0 bridgehead atoms. The van der Waals surface area contributed by atoms with Crippen molar-refractivity contribution in [1.29, 1.82) is 0 Å². The van der Waals surface area contributed by atoms with Gasteiger partial charge in [-0.15, -0.1) is 0 Å². The summed E-state index contributed by atoms with van der Waals surface area (Å²) in [4.78, 5) is 40.5. The summed E-state index contributed by atoms with van der Waals surface area (Å²) >= 11 is 9.43. The summed E-state index contributed by atoms with van der Waals surface area (Å²) in [5, 5.41) is 16.3. The van der Waals surface area contributed by atoms with Crippen molar-refractivity contribution in [2.45, 2.75) is 32.8 Å². The van der Waals surface area contributed by atoms with Gasteiger partial charge in [0.15, 0.2) is 6.10 Å². The highest BCUT2D eigenvalue weighted by atomic mass is 79.9. The average molecular weight is 552 g/mol. The van der Waals surface area contributed by atoms with Crippen molar-refractivity contribution in [1.82, 2.24) is 9.66 Å². The maximum atomic E-state index is 13.2. The third-order valence-electron chi connectivity index (χ3n) is 4.75. The van der Waals surface area contributed by atoms with E-state index in [0.29, 0.717) is 34.0 Å². The van der Waals surface area contributed by atoms with Crippen molar-refractivity contribution in [2.75, 3.05) is 7.11 Å². The molecule has 3 rings (SSSR count). The van der Waals surface area contributed by atoms with Crippen LogP contribution in [0.3, 0.4) is 0 Å². The van der Waals surface area contributed by atoms with Gasteiger partial charge in [0.25, 0.3) is 5.56 Å². The largest absolute Gasteiger partial charge is 0.471 e. The van der Waals surface area contributed by atoms with Crippen LogP contribution >= 0.6 is 27.5 Å². The Kier molecular flexibility index (Phi) is 8.00. The van der Waals surface area contributed by atoms with Crippen LogP contribution in [0.5, 0.6) is 5.75 Å². The van der Waals surface area contributed by atoms with E-state index in [9.17, 15) is 19.7 Å².